The molecule has 1 aliphatic rings. The Labute approximate surface area is 123 Å². The van der Waals surface area contributed by atoms with Gasteiger partial charge in [0.25, 0.3) is 0 Å². The molecule has 0 spiro atoms. The van der Waals surface area contributed by atoms with Gasteiger partial charge in [0.2, 0.25) is 0 Å². The van der Waals surface area contributed by atoms with Gasteiger partial charge < -0.3 is 10.5 Å². The van der Waals surface area contributed by atoms with Gasteiger partial charge in [0, 0.05) is 5.54 Å². The zero-order valence-corrected chi connectivity index (χ0v) is 13.3. The van der Waals surface area contributed by atoms with Crippen molar-refractivity contribution in [1.82, 2.24) is 4.90 Å². The highest BCUT2D eigenvalue weighted by Crippen LogP contribution is 2.34. The lowest BCUT2D eigenvalue weighted by Crippen LogP contribution is -2.45. The van der Waals surface area contributed by atoms with Crippen molar-refractivity contribution < 1.29 is 4.74 Å². The van der Waals surface area contributed by atoms with E-state index in [1.54, 1.807) is 0 Å². The van der Waals surface area contributed by atoms with Crippen LogP contribution < -0.4 is 10.5 Å². The summed E-state index contributed by atoms with van der Waals surface area (Å²) in [6.45, 7) is 11.9. The maximum absolute atomic E-state index is 5.95. The van der Waals surface area contributed by atoms with Gasteiger partial charge in [-0.3, -0.25) is 4.90 Å². The Morgan fingerprint density at radius 1 is 1.25 bits per heavy atom. The van der Waals surface area contributed by atoms with Crippen molar-refractivity contribution in [3.8, 4) is 5.75 Å². The van der Waals surface area contributed by atoms with Gasteiger partial charge in [0.05, 0.1) is 12.3 Å². The van der Waals surface area contributed by atoms with Gasteiger partial charge >= 0.3 is 0 Å². The molecule has 0 atom stereocenters. The molecule has 1 heterocycles. The summed E-state index contributed by atoms with van der Waals surface area (Å²) in [7, 11) is 0. The molecule has 1 aromatic carbocycles. The van der Waals surface area contributed by atoms with Gasteiger partial charge in [0.15, 0.2) is 0 Å². The van der Waals surface area contributed by atoms with Crippen LogP contribution in [0.2, 0.25) is 0 Å². The minimum Gasteiger partial charge on any atom is -0.492 e. The average molecular weight is 276 g/mol. The van der Waals surface area contributed by atoms with Crippen LogP contribution in [0.5, 0.6) is 5.75 Å². The first kappa shape index (κ1) is 15.2. The molecule has 0 aromatic heterocycles. The van der Waals surface area contributed by atoms with Crippen LogP contribution in [0.4, 0.5) is 5.69 Å². The van der Waals surface area contributed by atoms with Crippen LogP contribution in [-0.2, 0) is 0 Å². The zero-order valence-electron chi connectivity index (χ0n) is 13.3. The Morgan fingerprint density at radius 2 is 1.90 bits per heavy atom. The number of likely N-dealkylation sites (tertiary alicyclic amines) is 1. The summed E-state index contributed by atoms with van der Waals surface area (Å²) in [5.41, 5.74) is 8.34. The topological polar surface area (TPSA) is 38.5 Å². The third-order valence-corrected chi connectivity index (χ3v) is 4.25. The predicted molar refractivity (Wildman–Crippen MR) is 85.3 cm³/mol. The molecule has 20 heavy (non-hydrogen) atoms. The van der Waals surface area contributed by atoms with Crippen molar-refractivity contribution in [2.24, 2.45) is 0 Å². The van der Waals surface area contributed by atoms with Crippen molar-refractivity contribution in [2.75, 3.05) is 25.4 Å². The highest BCUT2D eigenvalue weighted by molar-refractivity contribution is 5.54. The Balaban J connectivity index is 2.05. The molecule has 1 aliphatic heterocycles. The molecule has 0 radical (unpaired) electrons. The molecule has 2 N–H and O–H groups in total. The van der Waals surface area contributed by atoms with Crippen molar-refractivity contribution in [3.05, 3.63) is 23.8 Å². The molecule has 3 nitrogen and oxygen atoms in total. The first-order valence-electron chi connectivity index (χ1n) is 7.69. The van der Waals surface area contributed by atoms with Crippen molar-refractivity contribution in [1.29, 1.82) is 0 Å². The van der Waals surface area contributed by atoms with E-state index < -0.39 is 0 Å². The van der Waals surface area contributed by atoms with E-state index in [4.69, 9.17) is 10.5 Å². The van der Waals surface area contributed by atoms with E-state index in [2.05, 4.69) is 37.8 Å². The first-order chi connectivity index (χ1) is 9.41. The van der Waals surface area contributed by atoms with Gasteiger partial charge in [-0.2, -0.15) is 0 Å². The Bertz CT molecular complexity index is 443. The lowest BCUT2D eigenvalue weighted by Gasteiger charge is -2.41. The SMILES string of the molecule is CCOc1cc(C2CCN(C(C)(C)C)CC2)ccc1N. The van der Waals surface area contributed by atoms with Crippen molar-refractivity contribution in [3.63, 3.8) is 0 Å². The van der Waals surface area contributed by atoms with Gasteiger partial charge in [-0.05, 0) is 77.2 Å². The number of piperidine rings is 1. The summed E-state index contributed by atoms with van der Waals surface area (Å²) >= 11 is 0. The summed E-state index contributed by atoms with van der Waals surface area (Å²) in [6, 6.07) is 6.28. The fraction of sp³-hybridized carbons (Fsp3) is 0.647. The number of nitrogens with two attached hydrogens (primary N) is 1. The smallest absolute Gasteiger partial charge is 0.142 e. The molecule has 0 aliphatic carbocycles. The summed E-state index contributed by atoms with van der Waals surface area (Å²) in [6.07, 6.45) is 2.43. The van der Waals surface area contributed by atoms with E-state index >= 15 is 0 Å². The Hall–Kier alpha value is -1.22. The molecule has 3 heteroatoms. The van der Waals surface area contributed by atoms with Crippen LogP contribution in [0, 0.1) is 0 Å². The van der Waals surface area contributed by atoms with E-state index in [0.29, 0.717) is 12.5 Å². The largest absolute Gasteiger partial charge is 0.492 e. The molecule has 112 valence electrons. The molecule has 0 saturated carbocycles. The van der Waals surface area contributed by atoms with E-state index in [-0.39, 0.29) is 5.54 Å². The number of ether oxygens (including phenoxy) is 1. The average Bonchev–Trinajstić information content (AvgIpc) is 2.41. The number of nitrogen functional groups attached to an aromatic ring is 1. The number of nitrogens with zero attached hydrogens (tertiary/aromatic N) is 1. The molecule has 1 aromatic rings. The number of anilines is 1. The Morgan fingerprint density at radius 3 is 2.45 bits per heavy atom. The van der Waals surface area contributed by atoms with Crippen LogP contribution in [0.1, 0.15) is 52.0 Å². The van der Waals surface area contributed by atoms with Crippen molar-refractivity contribution >= 4 is 5.69 Å². The molecular formula is C17H28N2O. The lowest BCUT2D eigenvalue weighted by molar-refractivity contribution is 0.102. The fourth-order valence-electron chi connectivity index (χ4n) is 2.97. The number of hydrogen-bond acceptors (Lipinski definition) is 3. The van der Waals surface area contributed by atoms with Crippen LogP contribution in [0.25, 0.3) is 0 Å². The first-order valence-corrected chi connectivity index (χ1v) is 7.69. The standard InChI is InChI=1S/C17H28N2O/c1-5-20-16-12-14(6-7-15(16)18)13-8-10-19(11-9-13)17(2,3)4/h6-7,12-13H,5,8-11,18H2,1-4H3. The lowest BCUT2D eigenvalue weighted by atomic mass is 9.87. The third-order valence-electron chi connectivity index (χ3n) is 4.25. The van der Waals surface area contributed by atoms with Gasteiger partial charge in [-0.15, -0.1) is 0 Å². The molecule has 1 saturated heterocycles. The molecule has 0 bridgehead atoms. The second-order valence-electron chi connectivity index (χ2n) is 6.66. The summed E-state index contributed by atoms with van der Waals surface area (Å²) in [5, 5.41) is 0. The number of benzene rings is 1. The molecule has 1 fully saturated rings. The highest BCUT2D eigenvalue weighted by atomic mass is 16.5. The molecule has 0 unspecified atom stereocenters. The minimum absolute atomic E-state index is 0.280. The third kappa shape index (κ3) is 3.45. The van der Waals surface area contributed by atoms with Gasteiger partial charge in [0.1, 0.15) is 5.75 Å². The van der Waals surface area contributed by atoms with Gasteiger partial charge in [-0.1, -0.05) is 6.07 Å². The van der Waals surface area contributed by atoms with Crippen LogP contribution >= 0.6 is 0 Å². The van der Waals surface area contributed by atoms with E-state index in [0.717, 1.165) is 11.4 Å². The molecular weight excluding hydrogens is 248 g/mol. The van der Waals surface area contributed by atoms with Crippen molar-refractivity contribution in [2.45, 2.75) is 52.0 Å². The maximum Gasteiger partial charge on any atom is 0.142 e. The quantitative estimate of drug-likeness (QED) is 0.857. The van der Waals surface area contributed by atoms with Gasteiger partial charge in [-0.25, -0.2) is 0 Å². The predicted octanol–water partition coefficient (Wildman–Crippen LogP) is 3.65. The fourth-order valence-corrected chi connectivity index (χ4v) is 2.97. The summed E-state index contributed by atoms with van der Waals surface area (Å²) in [4.78, 5) is 2.57. The number of rotatable bonds is 3. The number of hydrogen-bond donors (Lipinski definition) is 1. The Kier molecular flexibility index (Phi) is 4.59. The maximum atomic E-state index is 5.95. The van der Waals surface area contributed by atoms with Crippen LogP contribution in [0.15, 0.2) is 18.2 Å². The van der Waals surface area contributed by atoms with E-state index in [1.807, 2.05) is 13.0 Å². The minimum atomic E-state index is 0.280. The molecule has 0 amide bonds. The molecule has 2 rings (SSSR count). The summed E-state index contributed by atoms with van der Waals surface area (Å²) in [5.74, 6) is 1.47. The van der Waals surface area contributed by atoms with Crippen LogP contribution in [0.3, 0.4) is 0 Å². The normalized spacial score (nSPS) is 18.2. The second kappa shape index (κ2) is 6.04. The second-order valence-corrected chi connectivity index (χ2v) is 6.66. The van der Waals surface area contributed by atoms with Crippen LogP contribution in [-0.4, -0.2) is 30.1 Å². The van der Waals surface area contributed by atoms with E-state index in [9.17, 15) is 0 Å². The monoisotopic (exact) mass is 276 g/mol. The highest BCUT2D eigenvalue weighted by Gasteiger charge is 2.27. The van der Waals surface area contributed by atoms with E-state index in [1.165, 1.54) is 31.5 Å². The summed E-state index contributed by atoms with van der Waals surface area (Å²) < 4.78 is 5.61. The zero-order chi connectivity index (χ0) is 14.8.